The van der Waals surface area contributed by atoms with Crippen LogP contribution in [0.3, 0.4) is 0 Å². The summed E-state index contributed by atoms with van der Waals surface area (Å²) in [6, 6.07) is 15.1. The van der Waals surface area contributed by atoms with Crippen molar-refractivity contribution in [1.82, 2.24) is 5.32 Å². The monoisotopic (exact) mass is 347 g/mol. The fourth-order valence-electron chi connectivity index (χ4n) is 2.47. The lowest BCUT2D eigenvalue weighted by molar-refractivity contribution is 0.414. The lowest BCUT2D eigenvalue weighted by Gasteiger charge is -2.20. The normalized spacial score (nSPS) is 12.2. The molecule has 0 aliphatic heterocycles. The number of halogens is 1. The number of benzene rings is 2. The standard InChI is InChI=1S/C18H22BrNO/c1-4-20-18(16-11-13(2)5-10-17(16)19)12-14-6-8-15(21-3)9-7-14/h5-11,18,20H,4,12H2,1-3H3. The highest BCUT2D eigenvalue weighted by molar-refractivity contribution is 9.10. The van der Waals surface area contributed by atoms with Crippen LogP contribution in [-0.4, -0.2) is 13.7 Å². The Morgan fingerprint density at radius 2 is 1.86 bits per heavy atom. The first kappa shape index (κ1) is 16.1. The van der Waals surface area contributed by atoms with Crippen LogP contribution < -0.4 is 10.1 Å². The Morgan fingerprint density at radius 3 is 2.48 bits per heavy atom. The average Bonchev–Trinajstić information content (AvgIpc) is 2.50. The molecule has 0 spiro atoms. The topological polar surface area (TPSA) is 21.3 Å². The van der Waals surface area contributed by atoms with Crippen LogP contribution in [0.2, 0.25) is 0 Å². The highest BCUT2D eigenvalue weighted by Crippen LogP contribution is 2.27. The Balaban J connectivity index is 2.23. The van der Waals surface area contributed by atoms with Crippen molar-refractivity contribution in [3.8, 4) is 5.75 Å². The van der Waals surface area contributed by atoms with Crippen LogP contribution in [0.15, 0.2) is 46.9 Å². The molecule has 0 bridgehead atoms. The number of likely N-dealkylation sites (N-methyl/N-ethyl adjacent to an activating group) is 1. The van der Waals surface area contributed by atoms with Crippen molar-refractivity contribution >= 4 is 15.9 Å². The summed E-state index contributed by atoms with van der Waals surface area (Å²) in [6.07, 6.45) is 0.958. The maximum Gasteiger partial charge on any atom is 0.118 e. The average molecular weight is 348 g/mol. The van der Waals surface area contributed by atoms with Crippen molar-refractivity contribution in [2.45, 2.75) is 26.3 Å². The van der Waals surface area contributed by atoms with E-state index in [1.807, 2.05) is 12.1 Å². The molecule has 1 N–H and O–H groups in total. The molecule has 112 valence electrons. The summed E-state index contributed by atoms with van der Waals surface area (Å²) in [4.78, 5) is 0. The number of hydrogen-bond donors (Lipinski definition) is 1. The first-order chi connectivity index (χ1) is 10.1. The zero-order valence-corrected chi connectivity index (χ0v) is 14.4. The molecule has 0 heterocycles. The van der Waals surface area contributed by atoms with Crippen LogP contribution in [0.5, 0.6) is 5.75 Å². The molecule has 0 fully saturated rings. The van der Waals surface area contributed by atoms with Gasteiger partial charge in [-0.2, -0.15) is 0 Å². The van der Waals surface area contributed by atoms with E-state index in [1.54, 1.807) is 7.11 Å². The largest absolute Gasteiger partial charge is 0.497 e. The van der Waals surface area contributed by atoms with E-state index >= 15 is 0 Å². The Labute approximate surface area is 135 Å². The smallest absolute Gasteiger partial charge is 0.118 e. The molecule has 0 amide bonds. The predicted molar refractivity (Wildman–Crippen MR) is 92.0 cm³/mol. The van der Waals surface area contributed by atoms with Crippen molar-refractivity contribution in [3.05, 3.63) is 63.6 Å². The summed E-state index contributed by atoms with van der Waals surface area (Å²) in [5, 5.41) is 3.58. The molecule has 2 aromatic rings. The molecule has 0 aliphatic rings. The van der Waals surface area contributed by atoms with Gasteiger partial charge in [-0.3, -0.25) is 0 Å². The summed E-state index contributed by atoms with van der Waals surface area (Å²) in [6.45, 7) is 5.22. The summed E-state index contributed by atoms with van der Waals surface area (Å²) < 4.78 is 6.38. The van der Waals surface area contributed by atoms with Crippen molar-refractivity contribution in [3.63, 3.8) is 0 Å². The molecule has 1 atom stereocenters. The minimum Gasteiger partial charge on any atom is -0.497 e. The van der Waals surface area contributed by atoms with E-state index in [0.717, 1.165) is 23.2 Å². The van der Waals surface area contributed by atoms with E-state index in [2.05, 4.69) is 65.4 Å². The first-order valence-corrected chi connectivity index (χ1v) is 8.05. The second-order valence-electron chi connectivity index (χ2n) is 5.19. The summed E-state index contributed by atoms with van der Waals surface area (Å²) >= 11 is 3.68. The highest BCUT2D eigenvalue weighted by atomic mass is 79.9. The fraction of sp³-hybridized carbons (Fsp3) is 0.333. The van der Waals surface area contributed by atoms with Gasteiger partial charge in [0.05, 0.1) is 7.11 Å². The molecule has 2 nitrogen and oxygen atoms in total. The molecule has 2 rings (SSSR count). The second-order valence-corrected chi connectivity index (χ2v) is 6.04. The van der Waals surface area contributed by atoms with E-state index in [-0.39, 0.29) is 0 Å². The minimum absolute atomic E-state index is 0.303. The summed E-state index contributed by atoms with van der Waals surface area (Å²) in [7, 11) is 1.69. The van der Waals surface area contributed by atoms with Crippen LogP contribution in [0.4, 0.5) is 0 Å². The summed E-state index contributed by atoms with van der Waals surface area (Å²) in [5.41, 5.74) is 3.90. The molecule has 3 heteroatoms. The van der Waals surface area contributed by atoms with Gasteiger partial charge in [0.25, 0.3) is 0 Å². The molecule has 1 unspecified atom stereocenters. The van der Waals surface area contributed by atoms with Gasteiger partial charge in [-0.1, -0.05) is 52.7 Å². The number of rotatable bonds is 6. The Bertz CT molecular complexity index is 580. The quantitative estimate of drug-likeness (QED) is 0.820. The zero-order valence-electron chi connectivity index (χ0n) is 12.8. The maximum absolute atomic E-state index is 5.22. The number of nitrogens with one attached hydrogen (secondary N) is 1. The second kappa shape index (κ2) is 7.62. The molecule has 2 aromatic carbocycles. The van der Waals surface area contributed by atoms with Crippen LogP contribution in [-0.2, 0) is 6.42 Å². The Hall–Kier alpha value is -1.32. The van der Waals surface area contributed by atoms with E-state index in [0.29, 0.717) is 6.04 Å². The number of hydrogen-bond acceptors (Lipinski definition) is 2. The number of ether oxygens (including phenoxy) is 1. The van der Waals surface area contributed by atoms with Crippen LogP contribution in [0, 0.1) is 6.92 Å². The third-order valence-electron chi connectivity index (χ3n) is 3.58. The number of aryl methyl sites for hydroxylation is 1. The number of methoxy groups -OCH3 is 1. The lowest BCUT2D eigenvalue weighted by Crippen LogP contribution is -2.23. The predicted octanol–water partition coefficient (Wildman–Crippen LogP) is 4.66. The van der Waals surface area contributed by atoms with Gasteiger partial charge >= 0.3 is 0 Å². The molecule has 0 saturated heterocycles. The van der Waals surface area contributed by atoms with Crippen molar-refractivity contribution in [2.24, 2.45) is 0 Å². The van der Waals surface area contributed by atoms with Gasteiger partial charge in [-0.25, -0.2) is 0 Å². The van der Waals surface area contributed by atoms with Crippen molar-refractivity contribution < 1.29 is 4.74 Å². The van der Waals surface area contributed by atoms with Gasteiger partial charge in [0.2, 0.25) is 0 Å². The van der Waals surface area contributed by atoms with E-state index < -0.39 is 0 Å². The van der Waals surface area contributed by atoms with Gasteiger partial charge < -0.3 is 10.1 Å². The van der Waals surface area contributed by atoms with Crippen molar-refractivity contribution in [2.75, 3.05) is 13.7 Å². The van der Waals surface area contributed by atoms with E-state index in [9.17, 15) is 0 Å². The SMILES string of the molecule is CCNC(Cc1ccc(OC)cc1)c1cc(C)ccc1Br. The van der Waals surface area contributed by atoms with E-state index in [4.69, 9.17) is 4.74 Å². The Morgan fingerprint density at radius 1 is 1.14 bits per heavy atom. The van der Waals surface area contributed by atoms with Gasteiger partial charge in [-0.05, 0) is 49.2 Å². The summed E-state index contributed by atoms with van der Waals surface area (Å²) in [5.74, 6) is 0.899. The van der Waals surface area contributed by atoms with E-state index in [1.165, 1.54) is 16.7 Å². The lowest BCUT2D eigenvalue weighted by atomic mass is 9.97. The molecular formula is C18H22BrNO. The minimum atomic E-state index is 0.303. The van der Waals surface area contributed by atoms with Crippen LogP contribution in [0.1, 0.15) is 29.7 Å². The first-order valence-electron chi connectivity index (χ1n) is 7.26. The molecule has 21 heavy (non-hydrogen) atoms. The van der Waals surface area contributed by atoms with Crippen molar-refractivity contribution in [1.29, 1.82) is 0 Å². The molecule has 0 aromatic heterocycles. The highest BCUT2D eigenvalue weighted by Gasteiger charge is 2.14. The molecule has 0 saturated carbocycles. The third-order valence-corrected chi connectivity index (χ3v) is 4.30. The molecule has 0 aliphatic carbocycles. The fourth-order valence-corrected chi connectivity index (χ4v) is 2.99. The third kappa shape index (κ3) is 4.32. The zero-order chi connectivity index (χ0) is 15.2. The van der Waals surface area contributed by atoms with Crippen LogP contribution in [0.25, 0.3) is 0 Å². The van der Waals surface area contributed by atoms with Gasteiger partial charge in [0.1, 0.15) is 5.75 Å². The van der Waals surface area contributed by atoms with Gasteiger partial charge in [0, 0.05) is 10.5 Å². The Kier molecular flexibility index (Phi) is 5.83. The van der Waals surface area contributed by atoms with Crippen LogP contribution >= 0.6 is 15.9 Å². The molecule has 0 radical (unpaired) electrons. The van der Waals surface area contributed by atoms with Gasteiger partial charge in [-0.15, -0.1) is 0 Å². The maximum atomic E-state index is 5.22. The molecular weight excluding hydrogens is 326 g/mol. The van der Waals surface area contributed by atoms with Gasteiger partial charge in [0.15, 0.2) is 0 Å².